The Kier molecular flexibility index (Phi) is 3.36. The zero-order chi connectivity index (χ0) is 11.5. The van der Waals surface area contributed by atoms with Crippen LogP contribution in [-0.2, 0) is 0 Å². The summed E-state index contributed by atoms with van der Waals surface area (Å²) in [6, 6.07) is 8.23. The number of hydrogen-bond donors (Lipinski definition) is 1. The van der Waals surface area contributed by atoms with E-state index in [1.54, 1.807) is 11.3 Å². The molecule has 84 valence electrons. The molecule has 2 rings (SSSR count). The summed E-state index contributed by atoms with van der Waals surface area (Å²) in [6.07, 6.45) is 0. The third-order valence-electron chi connectivity index (χ3n) is 2.68. The molecule has 0 spiro atoms. The third kappa shape index (κ3) is 2.15. The van der Waals surface area contributed by atoms with Crippen molar-refractivity contribution in [3.8, 4) is 10.6 Å². The Balaban J connectivity index is 2.35. The topological polar surface area (TPSA) is 33.1 Å². The van der Waals surface area contributed by atoms with Gasteiger partial charge in [0.2, 0.25) is 0 Å². The molecule has 2 nitrogen and oxygen atoms in total. The molecule has 0 saturated carbocycles. The fourth-order valence-corrected chi connectivity index (χ4v) is 2.57. The predicted octanol–water partition coefficient (Wildman–Crippen LogP) is 3.21. The molecule has 0 bridgehead atoms. The summed E-state index contributed by atoms with van der Waals surface area (Å²) in [5.74, 6) is 0.119. The summed E-state index contributed by atoms with van der Waals surface area (Å²) >= 11 is 1.64. The summed E-state index contributed by atoms with van der Waals surface area (Å²) in [5.41, 5.74) is 3.40. The number of aliphatic hydroxyl groups is 1. The van der Waals surface area contributed by atoms with Crippen LogP contribution >= 0.6 is 11.3 Å². The first kappa shape index (κ1) is 11.3. The molecule has 1 heterocycles. The van der Waals surface area contributed by atoms with Gasteiger partial charge in [-0.2, -0.15) is 0 Å². The Hall–Kier alpha value is -1.19. The first-order valence-electron chi connectivity index (χ1n) is 5.34. The number of aromatic nitrogens is 1. The molecule has 1 unspecified atom stereocenters. The number of aryl methyl sites for hydroxylation is 1. The second-order valence-electron chi connectivity index (χ2n) is 3.98. The van der Waals surface area contributed by atoms with Crippen molar-refractivity contribution >= 4 is 11.3 Å². The monoisotopic (exact) mass is 233 g/mol. The van der Waals surface area contributed by atoms with Crippen molar-refractivity contribution in [2.45, 2.75) is 19.8 Å². The summed E-state index contributed by atoms with van der Waals surface area (Å²) in [4.78, 5) is 4.57. The summed E-state index contributed by atoms with van der Waals surface area (Å²) in [5, 5.41) is 12.2. The maximum Gasteiger partial charge on any atom is 0.123 e. The molecule has 2 aromatic rings. The molecule has 0 aliphatic rings. The molecule has 1 aromatic carbocycles. The number of thiazole rings is 1. The van der Waals surface area contributed by atoms with Gasteiger partial charge in [-0.05, 0) is 12.5 Å². The lowest BCUT2D eigenvalue weighted by atomic mass is 10.1. The van der Waals surface area contributed by atoms with Crippen LogP contribution in [0.3, 0.4) is 0 Å². The van der Waals surface area contributed by atoms with Crippen LogP contribution in [-0.4, -0.2) is 16.7 Å². The van der Waals surface area contributed by atoms with Crippen molar-refractivity contribution in [1.29, 1.82) is 0 Å². The van der Waals surface area contributed by atoms with E-state index in [1.807, 2.05) is 24.4 Å². The van der Waals surface area contributed by atoms with Gasteiger partial charge in [-0.3, -0.25) is 0 Å². The van der Waals surface area contributed by atoms with Gasteiger partial charge < -0.3 is 5.11 Å². The molecular weight excluding hydrogens is 218 g/mol. The maximum absolute atomic E-state index is 9.09. The molecule has 0 radical (unpaired) electrons. The number of benzene rings is 1. The van der Waals surface area contributed by atoms with Crippen LogP contribution in [0.5, 0.6) is 0 Å². The van der Waals surface area contributed by atoms with Crippen LogP contribution in [0, 0.1) is 6.92 Å². The van der Waals surface area contributed by atoms with E-state index in [9.17, 15) is 0 Å². The highest BCUT2D eigenvalue weighted by atomic mass is 32.1. The molecule has 16 heavy (non-hydrogen) atoms. The zero-order valence-electron chi connectivity index (χ0n) is 9.47. The van der Waals surface area contributed by atoms with Gasteiger partial charge in [0, 0.05) is 16.9 Å². The average molecular weight is 233 g/mol. The molecule has 0 fully saturated rings. The molecule has 1 N–H and O–H groups in total. The van der Waals surface area contributed by atoms with E-state index in [1.165, 1.54) is 11.1 Å². The molecule has 0 saturated heterocycles. The van der Waals surface area contributed by atoms with Gasteiger partial charge >= 0.3 is 0 Å². The zero-order valence-corrected chi connectivity index (χ0v) is 10.3. The van der Waals surface area contributed by atoms with Crippen LogP contribution in [0.25, 0.3) is 10.6 Å². The van der Waals surface area contributed by atoms with Crippen LogP contribution < -0.4 is 0 Å². The average Bonchev–Trinajstić information content (AvgIpc) is 2.78. The normalized spacial score (nSPS) is 12.7. The Morgan fingerprint density at radius 2 is 2.12 bits per heavy atom. The van der Waals surface area contributed by atoms with Crippen molar-refractivity contribution in [1.82, 2.24) is 4.98 Å². The van der Waals surface area contributed by atoms with Crippen LogP contribution in [0.2, 0.25) is 0 Å². The number of rotatable bonds is 3. The number of nitrogens with zero attached hydrogens (tertiary/aromatic N) is 1. The van der Waals surface area contributed by atoms with Gasteiger partial charge in [-0.1, -0.05) is 31.2 Å². The van der Waals surface area contributed by atoms with Crippen LogP contribution in [0.4, 0.5) is 0 Å². The van der Waals surface area contributed by atoms with Gasteiger partial charge in [0.25, 0.3) is 0 Å². The molecule has 0 aliphatic carbocycles. The van der Waals surface area contributed by atoms with Crippen LogP contribution in [0.15, 0.2) is 29.6 Å². The summed E-state index contributed by atoms with van der Waals surface area (Å²) in [7, 11) is 0. The van der Waals surface area contributed by atoms with Crippen molar-refractivity contribution in [2.24, 2.45) is 0 Å². The second kappa shape index (κ2) is 4.76. The smallest absolute Gasteiger partial charge is 0.123 e. The van der Waals surface area contributed by atoms with Crippen molar-refractivity contribution in [2.75, 3.05) is 6.61 Å². The first-order chi connectivity index (χ1) is 7.72. The van der Waals surface area contributed by atoms with E-state index in [2.05, 4.69) is 24.0 Å². The predicted molar refractivity (Wildman–Crippen MR) is 67.8 cm³/mol. The highest BCUT2D eigenvalue weighted by Crippen LogP contribution is 2.28. The maximum atomic E-state index is 9.09. The minimum Gasteiger partial charge on any atom is -0.396 e. The summed E-state index contributed by atoms with van der Waals surface area (Å²) in [6.45, 7) is 4.22. The Morgan fingerprint density at radius 1 is 1.38 bits per heavy atom. The lowest BCUT2D eigenvalue weighted by molar-refractivity contribution is 0.271. The molecule has 1 aromatic heterocycles. The molecular formula is C13H15NOS. The van der Waals surface area contributed by atoms with Gasteiger partial charge in [0.15, 0.2) is 0 Å². The fourth-order valence-electron chi connectivity index (χ4n) is 1.54. The highest BCUT2D eigenvalue weighted by molar-refractivity contribution is 7.13. The second-order valence-corrected chi connectivity index (χ2v) is 4.83. The first-order valence-corrected chi connectivity index (χ1v) is 6.22. The quantitative estimate of drug-likeness (QED) is 0.883. The van der Waals surface area contributed by atoms with Gasteiger partial charge in [0.05, 0.1) is 12.3 Å². The highest BCUT2D eigenvalue weighted by Gasteiger charge is 2.11. The largest absolute Gasteiger partial charge is 0.396 e. The van der Waals surface area contributed by atoms with Gasteiger partial charge in [-0.25, -0.2) is 4.98 Å². The van der Waals surface area contributed by atoms with Gasteiger partial charge in [0.1, 0.15) is 5.01 Å². The molecule has 3 heteroatoms. The number of aliphatic hydroxyl groups excluding tert-OH is 1. The minimum absolute atomic E-state index is 0.119. The summed E-state index contributed by atoms with van der Waals surface area (Å²) < 4.78 is 0. The van der Waals surface area contributed by atoms with E-state index in [4.69, 9.17) is 5.11 Å². The lowest BCUT2D eigenvalue weighted by Crippen LogP contribution is -1.98. The van der Waals surface area contributed by atoms with Gasteiger partial charge in [-0.15, -0.1) is 11.3 Å². The van der Waals surface area contributed by atoms with E-state index in [0.717, 1.165) is 10.7 Å². The van der Waals surface area contributed by atoms with Crippen LogP contribution in [0.1, 0.15) is 24.1 Å². The number of hydrogen-bond acceptors (Lipinski definition) is 3. The Morgan fingerprint density at radius 3 is 2.81 bits per heavy atom. The third-order valence-corrected chi connectivity index (χ3v) is 3.57. The fraction of sp³-hybridized carbons (Fsp3) is 0.308. The lowest BCUT2D eigenvalue weighted by Gasteiger charge is -2.03. The Bertz CT molecular complexity index is 478. The van der Waals surface area contributed by atoms with Crippen molar-refractivity contribution < 1.29 is 5.11 Å². The molecule has 0 aliphatic heterocycles. The van der Waals surface area contributed by atoms with E-state index < -0.39 is 0 Å². The van der Waals surface area contributed by atoms with Crippen molar-refractivity contribution in [3.63, 3.8) is 0 Å². The molecule has 1 atom stereocenters. The van der Waals surface area contributed by atoms with E-state index in [-0.39, 0.29) is 12.5 Å². The van der Waals surface area contributed by atoms with E-state index >= 15 is 0 Å². The molecule has 0 amide bonds. The SMILES string of the molecule is Cc1ccccc1-c1nc(C(C)CO)cs1. The van der Waals surface area contributed by atoms with Crippen molar-refractivity contribution in [3.05, 3.63) is 40.9 Å². The standard InChI is InChI=1S/C13H15NOS/c1-9-5-3-4-6-11(9)13-14-12(8-16-13)10(2)7-15/h3-6,8,10,15H,7H2,1-2H3. The minimum atomic E-state index is 0.119. The van der Waals surface area contributed by atoms with E-state index in [0.29, 0.717) is 0 Å². The Labute approximate surface area is 99.6 Å².